The fraction of sp³-hybridized carbons (Fsp3) is 0.750. The molecule has 0 aromatic heterocycles. The molecule has 1 aliphatic heterocycles. The van der Waals surface area contributed by atoms with Gasteiger partial charge in [0.25, 0.3) is 0 Å². The molecule has 4 heteroatoms. The summed E-state index contributed by atoms with van der Waals surface area (Å²) in [7, 11) is 0. The first-order chi connectivity index (χ1) is 7.48. The van der Waals surface area contributed by atoms with E-state index in [1.54, 1.807) is 6.08 Å². The van der Waals surface area contributed by atoms with E-state index in [9.17, 15) is 4.79 Å². The number of carbonyl (C=O) groups excluding carboxylic acids is 1. The average Bonchev–Trinajstić information content (AvgIpc) is 2.29. The molecule has 4 nitrogen and oxygen atoms in total. The van der Waals surface area contributed by atoms with Gasteiger partial charge < -0.3 is 10.6 Å². The monoisotopic (exact) mass is 225 g/mol. The summed E-state index contributed by atoms with van der Waals surface area (Å²) in [6.07, 6.45) is 1.74. The van der Waals surface area contributed by atoms with Gasteiger partial charge in [0.2, 0.25) is 5.91 Å². The Hall–Kier alpha value is -0.870. The Bertz CT molecular complexity index is 257. The fourth-order valence-corrected chi connectivity index (χ4v) is 1.81. The fourth-order valence-electron chi connectivity index (χ4n) is 1.81. The summed E-state index contributed by atoms with van der Waals surface area (Å²) < 4.78 is 0. The first kappa shape index (κ1) is 13.2. The molecular formula is C12H23N3O. The van der Waals surface area contributed by atoms with Crippen molar-refractivity contribution in [1.82, 2.24) is 15.5 Å². The largest absolute Gasteiger partial charge is 0.349 e. The maximum absolute atomic E-state index is 12.1. The van der Waals surface area contributed by atoms with Crippen LogP contribution in [-0.2, 0) is 4.79 Å². The molecule has 0 radical (unpaired) electrons. The minimum Gasteiger partial charge on any atom is -0.349 e. The Morgan fingerprint density at radius 2 is 2.06 bits per heavy atom. The van der Waals surface area contributed by atoms with Gasteiger partial charge in [-0.2, -0.15) is 0 Å². The van der Waals surface area contributed by atoms with Crippen molar-refractivity contribution in [3.05, 3.63) is 12.7 Å². The highest BCUT2D eigenvalue weighted by molar-refractivity contribution is 5.85. The van der Waals surface area contributed by atoms with Crippen LogP contribution in [0.2, 0.25) is 0 Å². The second-order valence-corrected chi connectivity index (χ2v) is 4.79. The zero-order valence-corrected chi connectivity index (χ0v) is 10.5. The van der Waals surface area contributed by atoms with Gasteiger partial charge in [-0.25, -0.2) is 0 Å². The molecule has 16 heavy (non-hydrogen) atoms. The van der Waals surface area contributed by atoms with Crippen LogP contribution in [0.5, 0.6) is 0 Å². The summed E-state index contributed by atoms with van der Waals surface area (Å²) in [6.45, 7) is 13.3. The molecule has 0 aromatic carbocycles. The highest BCUT2D eigenvalue weighted by Gasteiger charge is 2.35. The SMILES string of the molecule is C=CC(C)NC(=O)C(C)(C)N1CCNCC1. The van der Waals surface area contributed by atoms with Crippen LogP contribution in [0.15, 0.2) is 12.7 Å². The average molecular weight is 225 g/mol. The Balaban J connectivity index is 2.60. The number of nitrogens with zero attached hydrogens (tertiary/aromatic N) is 1. The Morgan fingerprint density at radius 1 is 1.50 bits per heavy atom. The van der Waals surface area contributed by atoms with Crippen LogP contribution in [0.4, 0.5) is 0 Å². The van der Waals surface area contributed by atoms with Gasteiger partial charge in [-0.3, -0.25) is 9.69 Å². The van der Waals surface area contributed by atoms with E-state index >= 15 is 0 Å². The maximum atomic E-state index is 12.1. The molecule has 0 bridgehead atoms. The molecule has 1 saturated heterocycles. The topological polar surface area (TPSA) is 44.4 Å². The normalized spacial score (nSPS) is 20.2. The molecule has 0 aromatic rings. The third kappa shape index (κ3) is 3.06. The van der Waals surface area contributed by atoms with Crippen LogP contribution < -0.4 is 10.6 Å². The highest BCUT2D eigenvalue weighted by Crippen LogP contribution is 2.15. The zero-order valence-electron chi connectivity index (χ0n) is 10.5. The molecule has 92 valence electrons. The molecule has 0 saturated carbocycles. The smallest absolute Gasteiger partial charge is 0.240 e. The summed E-state index contributed by atoms with van der Waals surface area (Å²) in [6, 6.07) is 0.0229. The molecule has 1 fully saturated rings. The van der Waals surface area contributed by atoms with Crippen molar-refractivity contribution in [2.24, 2.45) is 0 Å². The summed E-state index contributed by atoms with van der Waals surface area (Å²) >= 11 is 0. The molecule has 2 N–H and O–H groups in total. The van der Waals surface area contributed by atoms with Crippen LogP contribution >= 0.6 is 0 Å². The zero-order chi connectivity index (χ0) is 12.2. The van der Waals surface area contributed by atoms with E-state index in [0.29, 0.717) is 0 Å². The number of hydrogen-bond acceptors (Lipinski definition) is 3. The van der Waals surface area contributed by atoms with E-state index < -0.39 is 5.54 Å². The van der Waals surface area contributed by atoms with Crippen molar-refractivity contribution in [1.29, 1.82) is 0 Å². The highest BCUT2D eigenvalue weighted by atomic mass is 16.2. The molecule has 1 atom stereocenters. The molecule has 0 spiro atoms. The Morgan fingerprint density at radius 3 is 2.56 bits per heavy atom. The van der Waals surface area contributed by atoms with Gasteiger partial charge in [0, 0.05) is 32.2 Å². The second kappa shape index (κ2) is 5.46. The van der Waals surface area contributed by atoms with E-state index in [1.807, 2.05) is 20.8 Å². The predicted octanol–water partition coefficient (Wildman–Crippen LogP) is 0.361. The third-order valence-electron chi connectivity index (χ3n) is 3.18. The van der Waals surface area contributed by atoms with Crippen molar-refractivity contribution in [3.63, 3.8) is 0 Å². The van der Waals surface area contributed by atoms with Crippen molar-refractivity contribution < 1.29 is 4.79 Å². The molecular weight excluding hydrogens is 202 g/mol. The number of piperazine rings is 1. The van der Waals surface area contributed by atoms with Crippen LogP contribution in [0.3, 0.4) is 0 Å². The molecule has 1 unspecified atom stereocenters. The first-order valence-electron chi connectivity index (χ1n) is 5.87. The molecule has 0 aliphatic carbocycles. The van der Waals surface area contributed by atoms with Gasteiger partial charge in [-0.1, -0.05) is 6.08 Å². The van der Waals surface area contributed by atoms with E-state index in [4.69, 9.17) is 0 Å². The van der Waals surface area contributed by atoms with Crippen LogP contribution in [0.1, 0.15) is 20.8 Å². The lowest BCUT2D eigenvalue weighted by atomic mass is 10.00. The quantitative estimate of drug-likeness (QED) is 0.679. The molecule has 1 heterocycles. The van der Waals surface area contributed by atoms with Gasteiger partial charge in [-0.05, 0) is 20.8 Å². The second-order valence-electron chi connectivity index (χ2n) is 4.79. The lowest BCUT2D eigenvalue weighted by molar-refractivity contribution is -0.132. The van der Waals surface area contributed by atoms with Crippen molar-refractivity contribution >= 4 is 5.91 Å². The lowest BCUT2D eigenvalue weighted by Gasteiger charge is -2.40. The van der Waals surface area contributed by atoms with Crippen molar-refractivity contribution in [2.45, 2.75) is 32.4 Å². The standard InChI is InChI=1S/C12H23N3O/c1-5-10(2)14-11(16)12(3,4)15-8-6-13-7-9-15/h5,10,13H,1,6-9H2,2-4H3,(H,14,16). The number of rotatable bonds is 4. The van der Waals surface area contributed by atoms with Crippen LogP contribution in [0.25, 0.3) is 0 Å². The van der Waals surface area contributed by atoms with E-state index in [2.05, 4.69) is 22.1 Å². The van der Waals surface area contributed by atoms with E-state index in [1.165, 1.54) is 0 Å². The first-order valence-corrected chi connectivity index (χ1v) is 5.87. The number of amides is 1. The number of carbonyl (C=O) groups is 1. The maximum Gasteiger partial charge on any atom is 0.240 e. The predicted molar refractivity (Wildman–Crippen MR) is 66.3 cm³/mol. The van der Waals surface area contributed by atoms with E-state index in [0.717, 1.165) is 26.2 Å². The third-order valence-corrected chi connectivity index (χ3v) is 3.18. The lowest BCUT2D eigenvalue weighted by Crippen LogP contribution is -2.60. The van der Waals surface area contributed by atoms with Crippen molar-refractivity contribution in [3.8, 4) is 0 Å². The van der Waals surface area contributed by atoms with Crippen molar-refractivity contribution in [2.75, 3.05) is 26.2 Å². The van der Waals surface area contributed by atoms with Gasteiger partial charge in [0.15, 0.2) is 0 Å². The minimum absolute atomic E-state index is 0.0229. The summed E-state index contributed by atoms with van der Waals surface area (Å²) in [5.41, 5.74) is -0.445. The van der Waals surface area contributed by atoms with Crippen LogP contribution in [0, 0.1) is 0 Å². The van der Waals surface area contributed by atoms with Gasteiger partial charge >= 0.3 is 0 Å². The number of nitrogens with one attached hydrogen (secondary N) is 2. The number of hydrogen-bond donors (Lipinski definition) is 2. The van der Waals surface area contributed by atoms with Gasteiger partial charge in [-0.15, -0.1) is 6.58 Å². The minimum atomic E-state index is -0.445. The van der Waals surface area contributed by atoms with Gasteiger partial charge in [0.1, 0.15) is 0 Å². The summed E-state index contributed by atoms with van der Waals surface area (Å²) in [5, 5.41) is 6.24. The van der Waals surface area contributed by atoms with E-state index in [-0.39, 0.29) is 11.9 Å². The van der Waals surface area contributed by atoms with Crippen LogP contribution in [-0.4, -0.2) is 48.6 Å². The Kier molecular flexibility index (Phi) is 4.50. The summed E-state index contributed by atoms with van der Waals surface area (Å²) in [5.74, 6) is 0.0711. The molecule has 1 amide bonds. The summed E-state index contributed by atoms with van der Waals surface area (Å²) in [4.78, 5) is 14.3. The Labute approximate surface area is 98.1 Å². The molecule has 1 aliphatic rings. The van der Waals surface area contributed by atoms with Gasteiger partial charge in [0.05, 0.1) is 5.54 Å². The molecule has 1 rings (SSSR count).